The number of para-hydroxylation sites is 1. The largest absolute Gasteiger partial charge is 0.271 e. The van der Waals surface area contributed by atoms with Crippen LogP contribution in [0.15, 0.2) is 48.7 Å². The van der Waals surface area contributed by atoms with Gasteiger partial charge >= 0.3 is 0 Å². The molecule has 0 aliphatic carbocycles. The predicted molar refractivity (Wildman–Crippen MR) is 75.9 cm³/mol. The van der Waals surface area contributed by atoms with Crippen molar-refractivity contribution in [2.75, 3.05) is 0 Å². The molecule has 0 amide bonds. The molecule has 0 aliphatic rings. The van der Waals surface area contributed by atoms with Crippen LogP contribution >= 0.6 is 0 Å². The lowest BCUT2D eigenvalue weighted by molar-refractivity contribution is 0.548. The van der Waals surface area contributed by atoms with Crippen LogP contribution in [0.25, 0.3) is 10.9 Å². The zero-order valence-corrected chi connectivity index (χ0v) is 10.7. The topological polar surface area (TPSA) is 50.9 Å². The molecule has 94 valence electrons. The number of hydrogen-bond acceptors (Lipinski definition) is 3. The van der Waals surface area contributed by atoms with E-state index in [0.717, 1.165) is 23.7 Å². The van der Waals surface area contributed by atoms with Gasteiger partial charge in [0.2, 0.25) is 0 Å². The molecule has 0 spiro atoms. The first-order valence-corrected chi connectivity index (χ1v) is 6.22. The molecule has 3 N–H and O–H groups in total. The van der Waals surface area contributed by atoms with Gasteiger partial charge in [0.25, 0.3) is 0 Å². The van der Waals surface area contributed by atoms with Crippen molar-refractivity contribution in [3.05, 3.63) is 54.2 Å². The van der Waals surface area contributed by atoms with Crippen molar-refractivity contribution in [2.24, 2.45) is 5.84 Å². The first-order valence-electron chi connectivity index (χ1n) is 6.22. The third kappa shape index (κ3) is 2.58. The van der Waals surface area contributed by atoms with Crippen LogP contribution in [0.3, 0.4) is 0 Å². The summed E-state index contributed by atoms with van der Waals surface area (Å²) < 4.78 is 0. The number of hydrogen-bond donors (Lipinski definition) is 2. The molecule has 1 aromatic heterocycles. The van der Waals surface area contributed by atoms with Crippen LogP contribution in [0, 0.1) is 0 Å². The van der Waals surface area contributed by atoms with E-state index in [1.165, 1.54) is 11.1 Å². The first-order chi connectivity index (χ1) is 8.76. The standard InChI is InChI=1S/C15H19N3/c1-3-11(2)10-15(18-16)13-8-9-17-14-7-5-4-6-12(13)14/h4-9,15,18H,2-3,10,16H2,1H3. The molecule has 18 heavy (non-hydrogen) atoms. The molecule has 1 aromatic carbocycles. The Labute approximate surface area is 108 Å². The number of fused-ring (bicyclic) bond motifs is 1. The van der Waals surface area contributed by atoms with Gasteiger partial charge in [-0.05, 0) is 30.5 Å². The van der Waals surface area contributed by atoms with Crippen molar-refractivity contribution < 1.29 is 0 Å². The van der Waals surface area contributed by atoms with Crippen molar-refractivity contribution in [2.45, 2.75) is 25.8 Å². The van der Waals surface area contributed by atoms with Gasteiger partial charge in [0.15, 0.2) is 0 Å². The van der Waals surface area contributed by atoms with Crippen molar-refractivity contribution in [3.8, 4) is 0 Å². The van der Waals surface area contributed by atoms with Crippen molar-refractivity contribution in [1.82, 2.24) is 10.4 Å². The number of nitrogens with zero attached hydrogens (tertiary/aromatic N) is 1. The lowest BCUT2D eigenvalue weighted by Gasteiger charge is -2.18. The number of pyridine rings is 1. The number of aromatic nitrogens is 1. The maximum atomic E-state index is 5.69. The van der Waals surface area contributed by atoms with E-state index in [9.17, 15) is 0 Å². The molecule has 3 nitrogen and oxygen atoms in total. The van der Waals surface area contributed by atoms with Gasteiger partial charge in [-0.15, -0.1) is 0 Å². The van der Waals surface area contributed by atoms with Gasteiger partial charge in [-0.25, -0.2) is 0 Å². The molecule has 0 fully saturated rings. The predicted octanol–water partition coefficient (Wildman–Crippen LogP) is 3.10. The average Bonchev–Trinajstić information content (AvgIpc) is 2.44. The summed E-state index contributed by atoms with van der Waals surface area (Å²) in [6.45, 7) is 6.17. The molecular weight excluding hydrogens is 222 g/mol. The first kappa shape index (κ1) is 12.7. The molecule has 2 rings (SSSR count). The van der Waals surface area contributed by atoms with Crippen LogP contribution < -0.4 is 11.3 Å². The van der Waals surface area contributed by atoms with Gasteiger partial charge in [-0.3, -0.25) is 16.3 Å². The van der Waals surface area contributed by atoms with Gasteiger partial charge in [0.1, 0.15) is 0 Å². The smallest absolute Gasteiger partial charge is 0.0705 e. The van der Waals surface area contributed by atoms with Gasteiger partial charge < -0.3 is 0 Å². The Hall–Kier alpha value is -1.71. The van der Waals surface area contributed by atoms with Crippen LogP contribution in [0.4, 0.5) is 0 Å². The Morgan fingerprint density at radius 1 is 1.39 bits per heavy atom. The normalized spacial score (nSPS) is 12.6. The third-order valence-electron chi connectivity index (χ3n) is 3.25. The monoisotopic (exact) mass is 241 g/mol. The molecule has 3 heteroatoms. The Morgan fingerprint density at radius 2 is 2.17 bits per heavy atom. The van der Waals surface area contributed by atoms with E-state index in [2.05, 4.69) is 30.0 Å². The van der Waals surface area contributed by atoms with Gasteiger partial charge in [-0.1, -0.05) is 37.3 Å². The van der Waals surface area contributed by atoms with Crippen LogP contribution in [0.5, 0.6) is 0 Å². The molecule has 2 aromatic rings. The highest BCUT2D eigenvalue weighted by molar-refractivity contribution is 5.82. The molecule has 0 radical (unpaired) electrons. The van der Waals surface area contributed by atoms with Crippen LogP contribution in [-0.4, -0.2) is 4.98 Å². The zero-order valence-electron chi connectivity index (χ0n) is 10.7. The van der Waals surface area contributed by atoms with E-state index in [-0.39, 0.29) is 6.04 Å². The molecule has 1 atom stereocenters. The van der Waals surface area contributed by atoms with Crippen LogP contribution in [0.2, 0.25) is 0 Å². The van der Waals surface area contributed by atoms with Crippen molar-refractivity contribution >= 4 is 10.9 Å². The summed E-state index contributed by atoms with van der Waals surface area (Å²) in [4.78, 5) is 4.37. The van der Waals surface area contributed by atoms with Gasteiger partial charge in [0, 0.05) is 11.6 Å². The minimum absolute atomic E-state index is 0.0883. The van der Waals surface area contributed by atoms with E-state index >= 15 is 0 Å². The maximum Gasteiger partial charge on any atom is 0.0705 e. The number of benzene rings is 1. The Bertz CT molecular complexity index is 543. The molecular formula is C15H19N3. The number of nitrogens with one attached hydrogen (secondary N) is 1. The lowest BCUT2D eigenvalue weighted by Crippen LogP contribution is -2.28. The summed E-state index contributed by atoms with van der Waals surface area (Å²) in [5.41, 5.74) is 6.26. The second-order valence-electron chi connectivity index (χ2n) is 4.44. The van der Waals surface area contributed by atoms with Crippen LogP contribution in [0.1, 0.15) is 31.4 Å². The number of hydrazine groups is 1. The van der Waals surface area contributed by atoms with E-state index in [1.54, 1.807) is 0 Å². The Morgan fingerprint density at radius 3 is 2.89 bits per heavy atom. The van der Waals surface area contributed by atoms with Crippen LogP contribution in [-0.2, 0) is 0 Å². The minimum Gasteiger partial charge on any atom is -0.271 e. The third-order valence-corrected chi connectivity index (χ3v) is 3.25. The SMILES string of the molecule is C=C(CC)CC(NN)c1ccnc2ccccc12. The fourth-order valence-electron chi connectivity index (χ4n) is 2.11. The summed E-state index contributed by atoms with van der Waals surface area (Å²) in [5.74, 6) is 5.69. The summed E-state index contributed by atoms with van der Waals surface area (Å²) >= 11 is 0. The molecule has 1 heterocycles. The van der Waals surface area contributed by atoms with Crippen molar-refractivity contribution in [3.63, 3.8) is 0 Å². The number of rotatable bonds is 5. The summed E-state index contributed by atoms with van der Waals surface area (Å²) in [5, 5.41) is 1.15. The van der Waals surface area contributed by atoms with E-state index in [1.807, 2.05) is 30.5 Å². The summed E-state index contributed by atoms with van der Waals surface area (Å²) in [6.07, 6.45) is 3.65. The molecule has 1 unspecified atom stereocenters. The van der Waals surface area contributed by atoms with E-state index < -0.39 is 0 Å². The van der Waals surface area contributed by atoms with E-state index in [0.29, 0.717) is 0 Å². The molecule has 0 bridgehead atoms. The fraction of sp³-hybridized carbons (Fsp3) is 0.267. The molecule has 0 saturated carbocycles. The molecule has 0 aliphatic heterocycles. The van der Waals surface area contributed by atoms with E-state index in [4.69, 9.17) is 5.84 Å². The zero-order chi connectivity index (χ0) is 13.0. The van der Waals surface area contributed by atoms with Crippen molar-refractivity contribution in [1.29, 1.82) is 0 Å². The van der Waals surface area contributed by atoms with Gasteiger partial charge in [0.05, 0.1) is 11.6 Å². The number of nitrogens with two attached hydrogens (primary N) is 1. The molecule has 0 saturated heterocycles. The van der Waals surface area contributed by atoms with Gasteiger partial charge in [-0.2, -0.15) is 0 Å². The Kier molecular flexibility index (Phi) is 4.07. The minimum atomic E-state index is 0.0883. The average molecular weight is 241 g/mol. The highest BCUT2D eigenvalue weighted by atomic mass is 15.2. The highest BCUT2D eigenvalue weighted by Gasteiger charge is 2.13. The maximum absolute atomic E-state index is 5.69. The Balaban J connectivity index is 2.41. The second kappa shape index (κ2) is 5.76. The lowest BCUT2D eigenvalue weighted by atomic mass is 9.96. The second-order valence-corrected chi connectivity index (χ2v) is 4.44. The summed E-state index contributed by atoms with van der Waals surface area (Å²) in [6, 6.07) is 10.2. The summed E-state index contributed by atoms with van der Waals surface area (Å²) in [7, 11) is 0. The highest BCUT2D eigenvalue weighted by Crippen LogP contribution is 2.26. The fourth-order valence-corrected chi connectivity index (χ4v) is 2.11. The quantitative estimate of drug-likeness (QED) is 0.480.